The standard InChI is InChI=1S/C14H19NO6/c1-5-9(14(17)18)15-13(16)8-6-11(20-3)12(21-4)7-10(8)19-2/h6-7,9H,5H2,1-4H3,(H,15,16)(H,17,18)/t9-/m0/s1. The Morgan fingerprint density at radius 1 is 1.10 bits per heavy atom. The molecule has 1 aromatic rings. The summed E-state index contributed by atoms with van der Waals surface area (Å²) in [5.41, 5.74) is 0.176. The fourth-order valence-corrected chi connectivity index (χ4v) is 1.78. The normalized spacial score (nSPS) is 11.4. The van der Waals surface area contributed by atoms with Crippen LogP contribution in [-0.4, -0.2) is 44.4 Å². The van der Waals surface area contributed by atoms with Gasteiger partial charge in [0.15, 0.2) is 11.5 Å². The summed E-state index contributed by atoms with van der Waals surface area (Å²) in [5, 5.41) is 11.4. The summed E-state index contributed by atoms with van der Waals surface area (Å²) >= 11 is 0. The Balaban J connectivity index is 3.16. The lowest BCUT2D eigenvalue weighted by atomic mass is 10.1. The number of methoxy groups -OCH3 is 3. The number of hydrogen-bond donors (Lipinski definition) is 2. The summed E-state index contributed by atoms with van der Waals surface area (Å²) in [6, 6.07) is 1.99. The number of ether oxygens (including phenoxy) is 3. The van der Waals surface area contributed by atoms with Crippen molar-refractivity contribution in [3.8, 4) is 17.2 Å². The van der Waals surface area contributed by atoms with Gasteiger partial charge in [-0.25, -0.2) is 4.79 Å². The van der Waals surface area contributed by atoms with Crippen LogP contribution in [0.5, 0.6) is 17.2 Å². The van der Waals surface area contributed by atoms with Crippen LogP contribution >= 0.6 is 0 Å². The Bertz CT molecular complexity index is 528. The third-order valence-corrected chi connectivity index (χ3v) is 2.96. The van der Waals surface area contributed by atoms with Gasteiger partial charge in [0, 0.05) is 12.1 Å². The van der Waals surface area contributed by atoms with E-state index in [4.69, 9.17) is 19.3 Å². The maximum Gasteiger partial charge on any atom is 0.326 e. The van der Waals surface area contributed by atoms with Crippen molar-refractivity contribution in [2.75, 3.05) is 21.3 Å². The van der Waals surface area contributed by atoms with E-state index in [1.807, 2.05) is 0 Å². The predicted octanol–water partition coefficient (Wildman–Crippen LogP) is 1.31. The number of carbonyl (C=O) groups is 2. The summed E-state index contributed by atoms with van der Waals surface area (Å²) < 4.78 is 15.4. The molecule has 0 saturated heterocycles. The summed E-state index contributed by atoms with van der Waals surface area (Å²) in [4.78, 5) is 23.2. The molecule has 1 amide bonds. The Hall–Kier alpha value is -2.44. The van der Waals surface area contributed by atoms with Crippen molar-refractivity contribution in [1.29, 1.82) is 0 Å². The molecule has 1 rings (SSSR count). The topological polar surface area (TPSA) is 94.1 Å². The quantitative estimate of drug-likeness (QED) is 0.788. The lowest BCUT2D eigenvalue weighted by Gasteiger charge is -2.16. The number of rotatable bonds is 7. The molecule has 0 unspecified atom stereocenters. The van der Waals surface area contributed by atoms with E-state index in [2.05, 4.69) is 5.32 Å². The maximum absolute atomic E-state index is 12.2. The minimum absolute atomic E-state index is 0.176. The zero-order valence-corrected chi connectivity index (χ0v) is 12.4. The van der Waals surface area contributed by atoms with Crippen molar-refractivity contribution < 1.29 is 28.9 Å². The van der Waals surface area contributed by atoms with E-state index in [-0.39, 0.29) is 17.7 Å². The van der Waals surface area contributed by atoms with Gasteiger partial charge in [-0.1, -0.05) is 6.92 Å². The van der Waals surface area contributed by atoms with E-state index >= 15 is 0 Å². The van der Waals surface area contributed by atoms with Crippen molar-refractivity contribution in [2.24, 2.45) is 0 Å². The first-order valence-electron chi connectivity index (χ1n) is 6.32. The number of benzene rings is 1. The maximum atomic E-state index is 12.2. The van der Waals surface area contributed by atoms with Gasteiger partial charge in [-0.2, -0.15) is 0 Å². The highest BCUT2D eigenvalue weighted by Crippen LogP contribution is 2.34. The van der Waals surface area contributed by atoms with Gasteiger partial charge in [-0.05, 0) is 6.42 Å². The van der Waals surface area contributed by atoms with E-state index in [1.165, 1.54) is 33.5 Å². The first-order chi connectivity index (χ1) is 9.98. The fourth-order valence-electron chi connectivity index (χ4n) is 1.78. The molecule has 7 heteroatoms. The highest BCUT2D eigenvalue weighted by Gasteiger charge is 2.22. The average molecular weight is 297 g/mol. The van der Waals surface area contributed by atoms with Crippen LogP contribution in [0.25, 0.3) is 0 Å². The van der Waals surface area contributed by atoms with Crippen molar-refractivity contribution in [1.82, 2.24) is 5.32 Å². The number of carboxylic acid groups (broad SMARTS) is 1. The highest BCUT2D eigenvalue weighted by molar-refractivity contribution is 5.99. The lowest BCUT2D eigenvalue weighted by Crippen LogP contribution is -2.40. The van der Waals surface area contributed by atoms with Crippen molar-refractivity contribution in [2.45, 2.75) is 19.4 Å². The number of amides is 1. The molecule has 0 aliphatic carbocycles. The molecule has 0 fully saturated rings. The van der Waals surface area contributed by atoms with Crippen LogP contribution in [-0.2, 0) is 4.79 Å². The van der Waals surface area contributed by atoms with Gasteiger partial charge in [0.2, 0.25) is 0 Å². The molecule has 0 bridgehead atoms. The van der Waals surface area contributed by atoms with Crippen LogP contribution in [0.15, 0.2) is 12.1 Å². The van der Waals surface area contributed by atoms with Gasteiger partial charge in [0.1, 0.15) is 11.8 Å². The minimum atomic E-state index is -1.09. The smallest absolute Gasteiger partial charge is 0.326 e. The Morgan fingerprint density at radius 2 is 1.62 bits per heavy atom. The first kappa shape index (κ1) is 16.6. The van der Waals surface area contributed by atoms with Crippen LogP contribution in [0.1, 0.15) is 23.7 Å². The summed E-state index contributed by atoms with van der Waals surface area (Å²) in [6.45, 7) is 1.67. The lowest BCUT2D eigenvalue weighted by molar-refractivity contribution is -0.139. The van der Waals surface area contributed by atoms with E-state index in [0.29, 0.717) is 11.5 Å². The fraction of sp³-hybridized carbons (Fsp3) is 0.429. The third kappa shape index (κ3) is 3.77. The molecule has 0 aliphatic rings. The molecule has 1 aromatic carbocycles. The molecule has 116 valence electrons. The van der Waals surface area contributed by atoms with Gasteiger partial charge in [-0.15, -0.1) is 0 Å². The Morgan fingerprint density at radius 3 is 2.05 bits per heavy atom. The second kappa shape index (κ2) is 7.37. The van der Waals surface area contributed by atoms with E-state index in [9.17, 15) is 9.59 Å². The largest absolute Gasteiger partial charge is 0.496 e. The molecule has 0 aromatic heterocycles. The van der Waals surface area contributed by atoms with Crippen LogP contribution in [0, 0.1) is 0 Å². The van der Waals surface area contributed by atoms with Gasteiger partial charge in [-0.3, -0.25) is 4.79 Å². The zero-order chi connectivity index (χ0) is 16.0. The molecule has 0 aliphatic heterocycles. The first-order valence-corrected chi connectivity index (χ1v) is 6.32. The van der Waals surface area contributed by atoms with Gasteiger partial charge in [0.05, 0.1) is 26.9 Å². The molecule has 7 nitrogen and oxygen atoms in total. The molecule has 1 atom stereocenters. The summed E-state index contributed by atoms with van der Waals surface area (Å²) in [5.74, 6) is -0.610. The Labute approximate surface area is 122 Å². The number of aliphatic carboxylic acids is 1. The van der Waals surface area contributed by atoms with Crippen molar-refractivity contribution >= 4 is 11.9 Å². The van der Waals surface area contributed by atoms with E-state index in [1.54, 1.807) is 6.92 Å². The van der Waals surface area contributed by atoms with Crippen LogP contribution in [0.2, 0.25) is 0 Å². The monoisotopic (exact) mass is 297 g/mol. The van der Waals surface area contributed by atoms with Crippen LogP contribution in [0.4, 0.5) is 0 Å². The molecule has 0 spiro atoms. The third-order valence-electron chi connectivity index (χ3n) is 2.96. The van der Waals surface area contributed by atoms with Crippen LogP contribution < -0.4 is 19.5 Å². The van der Waals surface area contributed by atoms with E-state index < -0.39 is 17.9 Å². The molecular formula is C14H19NO6. The molecule has 0 saturated carbocycles. The van der Waals surface area contributed by atoms with Gasteiger partial charge < -0.3 is 24.6 Å². The summed E-state index contributed by atoms with van der Waals surface area (Å²) in [7, 11) is 4.32. The minimum Gasteiger partial charge on any atom is -0.496 e. The molecule has 0 radical (unpaired) electrons. The van der Waals surface area contributed by atoms with Crippen LogP contribution in [0.3, 0.4) is 0 Å². The highest BCUT2D eigenvalue weighted by atomic mass is 16.5. The molecule has 0 heterocycles. The predicted molar refractivity (Wildman–Crippen MR) is 75.3 cm³/mol. The Kier molecular flexibility index (Phi) is 5.83. The average Bonchev–Trinajstić information content (AvgIpc) is 2.50. The number of carboxylic acids is 1. The second-order valence-electron chi connectivity index (χ2n) is 4.18. The molecular weight excluding hydrogens is 278 g/mol. The van der Waals surface area contributed by atoms with Crippen molar-refractivity contribution in [3.05, 3.63) is 17.7 Å². The zero-order valence-electron chi connectivity index (χ0n) is 12.4. The van der Waals surface area contributed by atoms with Crippen molar-refractivity contribution in [3.63, 3.8) is 0 Å². The van der Waals surface area contributed by atoms with E-state index in [0.717, 1.165) is 0 Å². The number of nitrogens with one attached hydrogen (secondary N) is 1. The molecule has 21 heavy (non-hydrogen) atoms. The number of hydrogen-bond acceptors (Lipinski definition) is 5. The van der Waals surface area contributed by atoms with Gasteiger partial charge >= 0.3 is 5.97 Å². The number of carbonyl (C=O) groups excluding carboxylic acids is 1. The summed E-state index contributed by atoms with van der Waals surface area (Å²) in [6.07, 6.45) is 0.274. The SMILES string of the molecule is CC[C@H](NC(=O)c1cc(OC)c(OC)cc1OC)C(=O)O. The molecule has 2 N–H and O–H groups in total. The van der Waals surface area contributed by atoms with Gasteiger partial charge in [0.25, 0.3) is 5.91 Å². The second-order valence-corrected chi connectivity index (χ2v) is 4.18.